The molecule has 0 spiro atoms. The van der Waals surface area contributed by atoms with Gasteiger partial charge in [0, 0.05) is 0 Å². The number of aryl methyl sites for hydroxylation is 1. The Morgan fingerprint density at radius 2 is 1.80 bits per heavy atom. The molecule has 0 bridgehead atoms. The normalized spacial score (nSPS) is 10.4. The highest BCUT2D eigenvalue weighted by molar-refractivity contribution is 6.06. The number of hydrogen-bond acceptors (Lipinski definition) is 2. The van der Waals surface area contributed by atoms with Crippen molar-refractivity contribution in [3.63, 3.8) is 0 Å². The number of carbonyl (C=O) groups is 1. The minimum Gasteiger partial charge on any atom is -0.507 e. The van der Waals surface area contributed by atoms with Gasteiger partial charge in [-0.1, -0.05) is 11.6 Å². The predicted molar refractivity (Wildman–Crippen MR) is 67.1 cm³/mol. The molecule has 0 aliphatic carbocycles. The Hall–Kier alpha value is -2.50. The van der Waals surface area contributed by atoms with Crippen molar-refractivity contribution < 1.29 is 23.1 Å². The Morgan fingerprint density at radius 3 is 2.50 bits per heavy atom. The SMILES string of the molecule is Cc1ccc(O)c(C(=O)Nc2ccc(F)c(F)c2F)c1. The smallest absolute Gasteiger partial charge is 0.259 e. The quantitative estimate of drug-likeness (QED) is 0.829. The lowest BCUT2D eigenvalue weighted by atomic mass is 10.1. The zero-order valence-corrected chi connectivity index (χ0v) is 10.4. The standard InChI is InChI=1S/C14H10F3NO2/c1-7-2-5-11(19)8(6-7)14(20)18-10-4-3-9(15)12(16)13(10)17/h2-6,19H,1H3,(H,18,20). The molecule has 0 saturated heterocycles. The van der Waals surface area contributed by atoms with Crippen molar-refractivity contribution in [3.8, 4) is 5.75 Å². The van der Waals surface area contributed by atoms with Gasteiger partial charge in [0.2, 0.25) is 0 Å². The molecule has 0 fully saturated rings. The van der Waals surface area contributed by atoms with Crippen molar-refractivity contribution in [1.82, 2.24) is 0 Å². The predicted octanol–water partition coefficient (Wildman–Crippen LogP) is 3.37. The average Bonchev–Trinajstić information content (AvgIpc) is 2.42. The number of phenols is 1. The monoisotopic (exact) mass is 281 g/mol. The van der Waals surface area contributed by atoms with Crippen LogP contribution in [0.25, 0.3) is 0 Å². The van der Waals surface area contributed by atoms with Gasteiger partial charge in [0.25, 0.3) is 5.91 Å². The Kier molecular flexibility index (Phi) is 3.65. The summed E-state index contributed by atoms with van der Waals surface area (Å²) in [5.74, 6) is -5.63. The van der Waals surface area contributed by atoms with Crippen LogP contribution in [0.4, 0.5) is 18.9 Å². The molecule has 104 valence electrons. The van der Waals surface area contributed by atoms with Gasteiger partial charge in [-0.05, 0) is 31.2 Å². The van der Waals surface area contributed by atoms with Crippen LogP contribution < -0.4 is 5.32 Å². The van der Waals surface area contributed by atoms with E-state index in [0.717, 1.165) is 6.07 Å². The first-order valence-corrected chi connectivity index (χ1v) is 5.64. The maximum absolute atomic E-state index is 13.4. The molecular formula is C14H10F3NO2. The zero-order valence-electron chi connectivity index (χ0n) is 10.4. The van der Waals surface area contributed by atoms with Gasteiger partial charge in [0.05, 0.1) is 11.3 Å². The number of benzene rings is 2. The molecule has 2 N–H and O–H groups in total. The van der Waals surface area contributed by atoms with E-state index < -0.39 is 29.0 Å². The van der Waals surface area contributed by atoms with E-state index in [-0.39, 0.29) is 11.3 Å². The van der Waals surface area contributed by atoms with Gasteiger partial charge in [0.1, 0.15) is 5.75 Å². The van der Waals surface area contributed by atoms with E-state index in [1.54, 1.807) is 13.0 Å². The highest BCUT2D eigenvalue weighted by Gasteiger charge is 2.17. The van der Waals surface area contributed by atoms with Crippen LogP contribution >= 0.6 is 0 Å². The molecule has 0 unspecified atom stereocenters. The zero-order chi connectivity index (χ0) is 14.9. The second kappa shape index (κ2) is 5.24. The summed E-state index contributed by atoms with van der Waals surface area (Å²) in [6.45, 7) is 1.70. The maximum atomic E-state index is 13.4. The second-order valence-corrected chi connectivity index (χ2v) is 4.20. The molecule has 0 radical (unpaired) electrons. The molecule has 2 aromatic rings. The summed E-state index contributed by atoms with van der Waals surface area (Å²) < 4.78 is 39.2. The fourth-order valence-electron chi connectivity index (χ4n) is 1.64. The van der Waals surface area contributed by atoms with E-state index in [4.69, 9.17) is 0 Å². The number of aromatic hydroxyl groups is 1. The Bertz CT molecular complexity index is 686. The third-order valence-electron chi connectivity index (χ3n) is 2.68. The first-order valence-electron chi connectivity index (χ1n) is 5.64. The largest absolute Gasteiger partial charge is 0.507 e. The van der Waals surface area contributed by atoms with Crippen molar-refractivity contribution in [2.45, 2.75) is 6.92 Å². The summed E-state index contributed by atoms with van der Waals surface area (Å²) in [5, 5.41) is 11.6. The maximum Gasteiger partial charge on any atom is 0.259 e. The van der Waals surface area contributed by atoms with E-state index >= 15 is 0 Å². The van der Waals surface area contributed by atoms with E-state index in [2.05, 4.69) is 5.32 Å². The van der Waals surface area contributed by atoms with E-state index in [1.165, 1.54) is 12.1 Å². The van der Waals surface area contributed by atoms with Crippen LogP contribution in [0.3, 0.4) is 0 Å². The molecule has 0 aliphatic heterocycles. The molecule has 1 amide bonds. The van der Waals surface area contributed by atoms with Crippen LogP contribution in [0.15, 0.2) is 30.3 Å². The summed E-state index contributed by atoms with van der Waals surface area (Å²) >= 11 is 0. The van der Waals surface area contributed by atoms with Crippen molar-refractivity contribution in [2.24, 2.45) is 0 Å². The molecule has 0 aliphatic rings. The Labute approximate surface area is 112 Å². The van der Waals surface area contributed by atoms with Gasteiger partial charge in [0.15, 0.2) is 17.5 Å². The highest BCUT2D eigenvalue weighted by atomic mass is 19.2. The van der Waals surface area contributed by atoms with Crippen LogP contribution in [-0.4, -0.2) is 11.0 Å². The fourth-order valence-corrected chi connectivity index (χ4v) is 1.64. The van der Waals surface area contributed by atoms with Crippen molar-refractivity contribution in [1.29, 1.82) is 0 Å². The van der Waals surface area contributed by atoms with Crippen LogP contribution in [0, 0.1) is 24.4 Å². The topological polar surface area (TPSA) is 49.3 Å². The molecular weight excluding hydrogens is 271 g/mol. The van der Waals surface area contributed by atoms with Crippen LogP contribution in [-0.2, 0) is 0 Å². The number of carbonyl (C=O) groups excluding carboxylic acids is 1. The van der Waals surface area contributed by atoms with Gasteiger partial charge in [-0.2, -0.15) is 0 Å². The first kappa shape index (κ1) is 13.9. The van der Waals surface area contributed by atoms with E-state index in [1.807, 2.05) is 0 Å². The third kappa shape index (κ3) is 2.59. The summed E-state index contributed by atoms with van der Waals surface area (Å²) in [6, 6.07) is 5.89. The minimum atomic E-state index is -1.67. The van der Waals surface area contributed by atoms with Gasteiger partial charge in [-0.15, -0.1) is 0 Å². The number of amides is 1. The molecule has 2 aromatic carbocycles. The summed E-state index contributed by atoms with van der Waals surface area (Å²) in [7, 11) is 0. The molecule has 20 heavy (non-hydrogen) atoms. The molecule has 0 atom stereocenters. The van der Waals surface area contributed by atoms with E-state index in [9.17, 15) is 23.1 Å². The molecule has 0 aromatic heterocycles. The Morgan fingerprint density at radius 1 is 1.10 bits per heavy atom. The second-order valence-electron chi connectivity index (χ2n) is 4.20. The molecule has 0 saturated carbocycles. The molecule has 0 heterocycles. The Balaban J connectivity index is 2.33. The van der Waals surface area contributed by atoms with Crippen molar-refractivity contribution in [2.75, 3.05) is 5.32 Å². The number of rotatable bonds is 2. The number of halogens is 3. The van der Waals surface area contributed by atoms with Crippen molar-refractivity contribution in [3.05, 3.63) is 58.9 Å². The van der Waals surface area contributed by atoms with Crippen molar-refractivity contribution >= 4 is 11.6 Å². The summed E-state index contributed by atoms with van der Waals surface area (Å²) in [5.41, 5.74) is 0.114. The number of phenolic OH excluding ortho intramolecular Hbond substituents is 1. The highest BCUT2D eigenvalue weighted by Crippen LogP contribution is 2.23. The number of nitrogens with one attached hydrogen (secondary N) is 1. The first-order chi connectivity index (χ1) is 9.40. The van der Waals surface area contributed by atoms with Gasteiger partial charge in [-0.25, -0.2) is 13.2 Å². The summed E-state index contributed by atoms with van der Waals surface area (Å²) in [4.78, 5) is 11.9. The fraction of sp³-hybridized carbons (Fsp3) is 0.0714. The van der Waals surface area contributed by atoms with Crippen LogP contribution in [0.2, 0.25) is 0 Å². The van der Waals surface area contributed by atoms with E-state index in [0.29, 0.717) is 11.6 Å². The number of hydrogen-bond donors (Lipinski definition) is 2. The lowest BCUT2D eigenvalue weighted by Crippen LogP contribution is -2.14. The van der Waals surface area contributed by atoms with Gasteiger partial charge >= 0.3 is 0 Å². The van der Waals surface area contributed by atoms with Gasteiger partial charge in [-0.3, -0.25) is 4.79 Å². The van der Waals surface area contributed by atoms with Crippen LogP contribution in [0.1, 0.15) is 15.9 Å². The average molecular weight is 281 g/mol. The number of anilines is 1. The molecule has 2 rings (SSSR count). The lowest BCUT2D eigenvalue weighted by molar-refractivity contribution is 0.102. The summed E-state index contributed by atoms with van der Waals surface area (Å²) in [6.07, 6.45) is 0. The lowest BCUT2D eigenvalue weighted by Gasteiger charge is -2.09. The minimum absolute atomic E-state index is 0.0888. The van der Waals surface area contributed by atoms with Gasteiger partial charge < -0.3 is 10.4 Å². The molecule has 3 nitrogen and oxygen atoms in total. The third-order valence-corrected chi connectivity index (χ3v) is 2.68. The molecule has 6 heteroatoms. The van der Waals surface area contributed by atoms with Crippen LogP contribution in [0.5, 0.6) is 5.75 Å².